The van der Waals surface area contributed by atoms with Crippen molar-refractivity contribution < 1.29 is 23.9 Å². The summed E-state index contributed by atoms with van der Waals surface area (Å²) in [4.78, 5) is 44.7. The summed E-state index contributed by atoms with van der Waals surface area (Å²) in [6.45, 7) is 0.913. The molecule has 182 valence electrons. The summed E-state index contributed by atoms with van der Waals surface area (Å²) in [6, 6.07) is 10.7. The number of imide groups is 1. The highest BCUT2D eigenvalue weighted by atomic mass is 35.5. The largest absolute Gasteiger partial charge is 0.493 e. The number of benzene rings is 2. The number of carbonyl (C=O) groups excluding carboxylic acids is 3. The van der Waals surface area contributed by atoms with Crippen LogP contribution in [0.15, 0.2) is 36.4 Å². The second kappa shape index (κ2) is 7.96. The maximum atomic E-state index is 13.9. The lowest BCUT2D eigenvalue weighted by atomic mass is 9.75. The van der Waals surface area contributed by atoms with E-state index in [1.807, 2.05) is 18.2 Å². The van der Waals surface area contributed by atoms with Crippen molar-refractivity contribution in [3.8, 4) is 11.5 Å². The maximum Gasteiger partial charge on any atom is 0.250 e. The molecule has 1 spiro atoms. The summed E-state index contributed by atoms with van der Waals surface area (Å²) in [5, 5.41) is 3.47. The molecule has 0 unspecified atom stereocenters. The van der Waals surface area contributed by atoms with E-state index < -0.39 is 17.4 Å². The number of amides is 3. The zero-order valence-electron chi connectivity index (χ0n) is 19.5. The van der Waals surface area contributed by atoms with E-state index >= 15 is 0 Å². The van der Waals surface area contributed by atoms with E-state index in [0.29, 0.717) is 40.7 Å². The lowest BCUT2D eigenvalue weighted by molar-refractivity contribution is -0.145. The average Bonchev–Trinajstić information content (AvgIpc) is 3.56. The number of nitrogens with zero attached hydrogens (tertiary/aromatic N) is 2. The number of carbonyl (C=O) groups is 3. The van der Waals surface area contributed by atoms with Crippen LogP contribution < -0.4 is 14.8 Å². The van der Waals surface area contributed by atoms with Gasteiger partial charge < -0.3 is 14.8 Å². The second-order valence-electron chi connectivity index (χ2n) is 9.58. The van der Waals surface area contributed by atoms with Gasteiger partial charge in [-0.2, -0.15) is 0 Å². The van der Waals surface area contributed by atoms with Gasteiger partial charge >= 0.3 is 0 Å². The van der Waals surface area contributed by atoms with E-state index in [-0.39, 0.29) is 30.3 Å². The average molecular weight is 496 g/mol. The van der Waals surface area contributed by atoms with Gasteiger partial charge in [0.15, 0.2) is 11.5 Å². The zero-order valence-corrected chi connectivity index (χ0v) is 20.3. The number of rotatable bonds is 5. The number of anilines is 1. The number of ether oxygens (including phenoxy) is 2. The molecule has 3 saturated heterocycles. The van der Waals surface area contributed by atoms with Gasteiger partial charge in [0, 0.05) is 28.9 Å². The van der Waals surface area contributed by atoms with Crippen molar-refractivity contribution in [3.63, 3.8) is 0 Å². The molecule has 9 heteroatoms. The van der Waals surface area contributed by atoms with Gasteiger partial charge in [-0.25, -0.2) is 0 Å². The fourth-order valence-electron chi connectivity index (χ4n) is 6.73. The Morgan fingerprint density at radius 1 is 1.06 bits per heavy atom. The summed E-state index contributed by atoms with van der Waals surface area (Å²) < 4.78 is 10.7. The van der Waals surface area contributed by atoms with Crippen LogP contribution in [0.1, 0.15) is 24.0 Å². The molecule has 3 amide bonds. The highest BCUT2D eigenvalue weighted by Gasteiger charge is 2.74. The molecule has 2 aromatic rings. The molecular weight excluding hydrogens is 470 g/mol. The van der Waals surface area contributed by atoms with Crippen molar-refractivity contribution in [3.05, 3.63) is 52.5 Å². The SMILES string of the molecule is COc1ccc(CCN2C(=O)[C@@H]3[C@H]4CCCN4[C@]4(C(=O)Nc5ccc(Cl)cc54)[C@@H]3C2=O)cc1OC. The summed E-state index contributed by atoms with van der Waals surface area (Å²) in [6.07, 6.45) is 2.15. The normalized spacial score (nSPS) is 28.9. The van der Waals surface area contributed by atoms with Crippen LogP contribution in [0.3, 0.4) is 0 Å². The number of halogens is 1. The Balaban J connectivity index is 1.35. The molecule has 6 rings (SSSR count). The van der Waals surface area contributed by atoms with Crippen LogP contribution in [0.5, 0.6) is 11.5 Å². The van der Waals surface area contributed by atoms with Crippen LogP contribution in [0, 0.1) is 11.8 Å². The van der Waals surface area contributed by atoms with E-state index in [9.17, 15) is 14.4 Å². The van der Waals surface area contributed by atoms with Crippen LogP contribution in [0.2, 0.25) is 5.02 Å². The van der Waals surface area contributed by atoms with Crippen LogP contribution in [0.4, 0.5) is 5.69 Å². The molecule has 0 saturated carbocycles. The second-order valence-corrected chi connectivity index (χ2v) is 10.0. The molecule has 0 aromatic heterocycles. The Morgan fingerprint density at radius 3 is 2.63 bits per heavy atom. The van der Waals surface area contributed by atoms with E-state index in [4.69, 9.17) is 21.1 Å². The van der Waals surface area contributed by atoms with Crippen molar-refractivity contribution in [2.75, 3.05) is 32.6 Å². The minimum atomic E-state index is -1.20. The fraction of sp³-hybridized carbons (Fsp3) is 0.423. The lowest BCUT2D eigenvalue weighted by Gasteiger charge is -2.36. The molecule has 8 nitrogen and oxygen atoms in total. The van der Waals surface area contributed by atoms with Crippen LogP contribution in [-0.4, -0.2) is 60.9 Å². The molecule has 0 aliphatic carbocycles. The predicted octanol–water partition coefficient (Wildman–Crippen LogP) is 2.83. The molecule has 0 radical (unpaired) electrons. The number of hydrogen-bond donors (Lipinski definition) is 1. The molecule has 4 heterocycles. The third-order valence-electron chi connectivity index (χ3n) is 8.12. The van der Waals surface area contributed by atoms with Gasteiger partial charge in [-0.05, 0) is 61.7 Å². The monoisotopic (exact) mass is 495 g/mol. The first kappa shape index (κ1) is 22.4. The topological polar surface area (TPSA) is 88.2 Å². The smallest absolute Gasteiger partial charge is 0.250 e. The van der Waals surface area contributed by atoms with Crippen molar-refractivity contribution in [1.29, 1.82) is 0 Å². The van der Waals surface area contributed by atoms with Crippen LogP contribution >= 0.6 is 11.6 Å². The Kier molecular flexibility index (Phi) is 5.09. The van der Waals surface area contributed by atoms with Crippen molar-refractivity contribution in [1.82, 2.24) is 9.80 Å². The predicted molar refractivity (Wildman–Crippen MR) is 128 cm³/mol. The first-order chi connectivity index (χ1) is 16.9. The molecular formula is C26H26ClN3O5. The van der Waals surface area contributed by atoms with Crippen molar-refractivity contribution in [2.24, 2.45) is 11.8 Å². The highest BCUT2D eigenvalue weighted by molar-refractivity contribution is 6.31. The van der Waals surface area contributed by atoms with E-state index in [1.54, 1.807) is 32.4 Å². The molecule has 35 heavy (non-hydrogen) atoms. The van der Waals surface area contributed by atoms with Crippen LogP contribution in [0.25, 0.3) is 0 Å². The Labute approximate surface area is 208 Å². The number of fused-ring (bicyclic) bond motifs is 7. The Morgan fingerprint density at radius 2 is 1.86 bits per heavy atom. The lowest BCUT2D eigenvalue weighted by Crippen LogP contribution is -2.54. The number of hydrogen-bond acceptors (Lipinski definition) is 6. The van der Waals surface area contributed by atoms with Gasteiger partial charge in [-0.1, -0.05) is 17.7 Å². The number of methoxy groups -OCH3 is 2. The summed E-state index contributed by atoms with van der Waals surface area (Å²) >= 11 is 6.34. The Bertz CT molecular complexity index is 1270. The van der Waals surface area contributed by atoms with E-state index in [2.05, 4.69) is 10.2 Å². The zero-order chi connectivity index (χ0) is 24.5. The molecule has 4 atom stereocenters. The van der Waals surface area contributed by atoms with Gasteiger partial charge in [0.05, 0.1) is 26.1 Å². The fourth-order valence-corrected chi connectivity index (χ4v) is 6.90. The third kappa shape index (κ3) is 2.93. The summed E-state index contributed by atoms with van der Waals surface area (Å²) in [5.74, 6) is -0.784. The molecule has 4 aliphatic rings. The van der Waals surface area contributed by atoms with Crippen molar-refractivity contribution in [2.45, 2.75) is 30.8 Å². The standard InChI is InChI=1S/C26H26ClN3O5/c1-34-19-8-5-14(12-20(19)35-2)9-11-29-23(31)21-18-4-3-10-30(18)26(22(21)24(29)32)16-13-15(27)6-7-17(16)28-25(26)33/h5-8,12-13,18,21-22H,3-4,9-11H2,1-2H3,(H,28,33)/t18-,21-,22+,26+/m1/s1. The van der Waals surface area contributed by atoms with Gasteiger partial charge in [0.1, 0.15) is 5.54 Å². The summed E-state index contributed by atoms with van der Waals surface area (Å²) in [5.41, 5.74) is 1.09. The maximum absolute atomic E-state index is 13.9. The van der Waals surface area contributed by atoms with Crippen molar-refractivity contribution >= 4 is 35.0 Å². The molecule has 0 bridgehead atoms. The van der Waals surface area contributed by atoms with Gasteiger partial charge in [0.2, 0.25) is 17.7 Å². The first-order valence-corrected chi connectivity index (χ1v) is 12.2. The highest BCUT2D eigenvalue weighted by Crippen LogP contribution is 2.60. The van der Waals surface area contributed by atoms with Gasteiger partial charge in [0.25, 0.3) is 0 Å². The van der Waals surface area contributed by atoms with E-state index in [1.165, 1.54) is 4.90 Å². The Hall–Kier alpha value is -3.10. The van der Waals surface area contributed by atoms with Gasteiger partial charge in [-0.3, -0.25) is 24.2 Å². The minimum absolute atomic E-state index is 0.141. The molecule has 3 fully saturated rings. The minimum Gasteiger partial charge on any atom is -0.493 e. The van der Waals surface area contributed by atoms with Crippen LogP contribution in [-0.2, 0) is 26.3 Å². The van der Waals surface area contributed by atoms with E-state index in [0.717, 1.165) is 18.4 Å². The third-order valence-corrected chi connectivity index (χ3v) is 8.35. The molecule has 1 N–H and O–H groups in total. The van der Waals surface area contributed by atoms with Gasteiger partial charge in [-0.15, -0.1) is 0 Å². The number of nitrogens with one attached hydrogen (secondary N) is 1. The summed E-state index contributed by atoms with van der Waals surface area (Å²) in [7, 11) is 3.14. The first-order valence-electron chi connectivity index (χ1n) is 11.9. The molecule has 4 aliphatic heterocycles. The quantitative estimate of drug-likeness (QED) is 0.642. The number of likely N-dealkylation sites (tertiary alicyclic amines) is 1. The molecule has 2 aromatic carbocycles.